The average molecular weight is 327 g/mol. The number of hydrogen-bond acceptors (Lipinski definition) is 6. The van der Waals surface area contributed by atoms with E-state index < -0.39 is 0 Å². The Labute approximate surface area is 142 Å². The molecule has 3 rings (SSSR count). The fourth-order valence-electron chi connectivity index (χ4n) is 2.81. The predicted octanol–water partition coefficient (Wildman–Crippen LogP) is 2.64. The summed E-state index contributed by atoms with van der Waals surface area (Å²) in [6, 6.07) is 6.06. The molecular weight excluding hydrogens is 302 g/mol. The smallest absolute Gasteiger partial charge is 0.129 e. The summed E-state index contributed by atoms with van der Waals surface area (Å²) < 4.78 is 0. The van der Waals surface area contributed by atoms with Crippen LogP contribution >= 0.6 is 0 Å². The van der Waals surface area contributed by atoms with Crippen LogP contribution in [0.2, 0.25) is 0 Å². The fourth-order valence-corrected chi connectivity index (χ4v) is 2.81. The second kappa shape index (κ2) is 7.57. The van der Waals surface area contributed by atoms with Crippen LogP contribution < -0.4 is 10.6 Å². The predicted molar refractivity (Wildman–Crippen MR) is 95.3 cm³/mol. The number of nitrogens with zero attached hydrogens (tertiary/aromatic N) is 3. The zero-order valence-corrected chi connectivity index (χ0v) is 14.3. The molecule has 3 N–H and O–H groups in total. The number of nitrogens with one attached hydrogen (secondary N) is 2. The van der Waals surface area contributed by atoms with Gasteiger partial charge in [0.1, 0.15) is 17.5 Å². The molecule has 6 heteroatoms. The molecule has 0 saturated heterocycles. The van der Waals surface area contributed by atoms with Crippen LogP contribution in [0.5, 0.6) is 0 Å². The number of aliphatic hydroxyl groups excluding tert-OH is 1. The van der Waals surface area contributed by atoms with E-state index in [0.29, 0.717) is 5.92 Å². The van der Waals surface area contributed by atoms with Crippen molar-refractivity contribution >= 4 is 11.6 Å². The van der Waals surface area contributed by atoms with Crippen LogP contribution in [-0.2, 0) is 0 Å². The summed E-state index contributed by atoms with van der Waals surface area (Å²) >= 11 is 0. The lowest BCUT2D eigenvalue weighted by molar-refractivity contribution is 0.0731. The van der Waals surface area contributed by atoms with Gasteiger partial charge in [0.2, 0.25) is 0 Å². The summed E-state index contributed by atoms with van der Waals surface area (Å²) in [4.78, 5) is 13.3. The Hall–Kier alpha value is -2.21. The maximum Gasteiger partial charge on any atom is 0.129 e. The highest BCUT2D eigenvalue weighted by atomic mass is 16.3. The van der Waals surface area contributed by atoms with E-state index in [-0.39, 0.29) is 6.10 Å². The normalized spacial score (nSPS) is 19.6. The standard InChI is InChI=1S/C18H25N5O/c1-12-4-5-17(21-11-12)19-6-3-7-20-18-10-16(22-13(2)23-18)14-8-15(24)9-14/h4-5,10-11,14-15,24H,3,6-9H2,1-2H3,(H,19,21)(H,20,22,23). The molecule has 0 aliphatic heterocycles. The minimum atomic E-state index is -0.164. The highest BCUT2D eigenvalue weighted by Crippen LogP contribution is 2.36. The Kier molecular flexibility index (Phi) is 5.25. The maximum atomic E-state index is 9.46. The first-order chi connectivity index (χ1) is 11.6. The van der Waals surface area contributed by atoms with Crippen molar-refractivity contribution in [2.45, 2.75) is 45.1 Å². The van der Waals surface area contributed by atoms with Gasteiger partial charge in [0, 0.05) is 37.0 Å². The largest absolute Gasteiger partial charge is 0.393 e. The van der Waals surface area contributed by atoms with Gasteiger partial charge in [0.05, 0.1) is 6.10 Å². The van der Waals surface area contributed by atoms with Crippen molar-refractivity contribution in [1.82, 2.24) is 15.0 Å². The SMILES string of the molecule is Cc1ccc(NCCCNc2cc(C3CC(O)C3)nc(C)n2)nc1. The van der Waals surface area contributed by atoms with Gasteiger partial charge in [-0.1, -0.05) is 6.07 Å². The van der Waals surface area contributed by atoms with Crippen molar-refractivity contribution in [2.24, 2.45) is 0 Å². The molecule has 1 aliphatic rings. The number of pyridine rings is 1. The van der Waals surface area contributed by atoms with Gasteiger partial charge in [-0.25, -0.2) is 15.0 Å². The van der Waals surface area contributed by atoms with Crippen LogP contribution in [0.3, 0.4) is 0 Å². The monoisotopic (exact) mass is 327 g/mol. The molecule has 0 atom stereocenters. The first-order valence-corrected chi connectivity index (χ1v) is 8.54. The van der Waals surface area contributed by atoms with E-state index >= 15 is 0 Å². The quantitative estimate of drug-likeness (QED) is 0.678. The molecule has 1 fully saturated rings. The van der Waals surface area contributed by atoms with Gasteiger partial charge >= 0.3 is 0 Å². The molecule has 1 aliphatic carbocycles. The van der Waals surface area contributed by atoms with Crippen molar-refractivity contribution in [3.8, 4) is 0 Å². The Balaban J connectivity index is 1.43. The van der Waals surface area contributed by atoms with Gasteiger partial charge in [-0.05, 0) is 44.7 Å². The van der Waals surface area contributed by atoms with Crippen molar-refractivity contribution in [3.63, 3.8) is 0 Å². The molecule has 2 aromatic rings. The Morgan fingerprint density at radius 1 is 1.08 bits per heavy atom. The molecular formula is C18H25N5O. The van der Waals surface area contributed by atoms with Gasteiger partial charge in [0.25, 0.3) is 0 Å². The van der Waals surface area contributed by atoms with E-state index in [2.05, 4.69) is 31.7 Å². The summed E-state index contributed by atoms with van der Waals surface area (Å²) in [6.07, 6.45) is 4.29. The highest BCUT2D eigenvalue weighted by molar-refractivity contribution is 5.38. The molecule has 0 aromatic carbocycles. The lowest BCUT2D eigenvalue weighted by atomic mass is 9.80. The first kappa shape index (κ1) is 16.6. The van der Waals surface area contributed by atoms with Crippen LogP contribution in [0.15, 0.2) is 24.4 Å². The van der Waals surface area contributed by atoms with Gasteiger partial charge in [0.15, 0.2) is 0 Å². The molecule has 2 aromatic heterocycles. The van der Waals surface area contributed by atoms with Gasteiger partial charge in [-0.3, -0.25) is 0 Å². The third kappa shape index (κ3) is 4.41. The molecule has 6 nitrogen and oxygen atoms in total. The lowest BCUT2D eigenvalue weighted by Gasteiger charge is -2.31. The van der Waals surface area contributed by atoms with Crippen LogP contribution in [-0.4, -0.2) is 39.3 Å². The van der Waals surface area contributed by atoms with E-state index in [1.807, 2.05) is 32.2 Å². The summed E-state index contributed by atoms with van der Waals surface area (Å²) in [5.74, 6) is 2.92. The minimum absolute atomic E-state index is 0.164. The molecule has 0 bridgehead atoms. The summed E-state index contributed by atoms with van der Waals surface area (Å²) in [6.45, 7) is 5.63. The maximum absolute atomic E-state index is 9.46. The van der Waals surface area contributed by atoms with Gasteiger partial charge in [-0.15, -0.1) is 0 Å². The third-order valence-electron chi connectivity index (χ3n) is 4.27. The molecule has 0 unspecified atom stereocenters. The number of rotatable bonds is 7. The van der Waals surface area contributed by atoms with Crippen LogP contribution in [0.25, 0.3) is 0 Å². The zero-order chi connectivity index (χ0) is 16.9. The Morgan fingerprint density at radius 2 is 1.83 bits per heavy atom. The Morgan fingerprint density at radius 3 is 2.50 bits per heavy atom. The molecule has 0 amide bonds. The van der Waals surface area contributed by atoms with Crippen molar-refractivity contribution in [3.05, 3.63) is 41.5 Å². The molecule has 2 heterocycles. The van der Waals surface area contributed by atoms with E-state index in [9.17, 15) is 5.11 Å². The number of aliphatic hydroxyl groups is 1. The minimum Gasteiger partial charge on any atom is -0.393 e. The van der Waals surface area contributed by atoms with Gasteiger partial charge < -0.3 is 15.7 Å². The molecule has 1 saturated carbocycles. The van der Waals surface area contributed by atoms with E-state index in [4.69, 9.17) is 0 Å². The Bertz CT molecular complexity index is 668. The molecule has 0 radical (unpaired) electrons. The van der Waals surface area contributed by atoms with Crippen LogP contribution in [0, 0.1) is 13.8 Å². The summed E-state index contributed by atoms with van der Waals surface area (Å²) in [7, 11) is 0. The molecule has 128 valence electrons. The second-order valence-electron chi connectivity index (χ2n) is 6.48. The fraction of sp³-hybridized carbons (Fsp3) is 0.500. The summed E-state index contributed by atoms with van der Waals surface area (Å²) in [5.41, 5.74) is 2.20. The average Bonchev–Trinajstić information content (AvgIpc) is 2.53. The lowest BCUT2D eigenvalue weighted by Crippen LogP contribution is -2.27. The topological polar surface area (TPSA) is 83.0 Å². The van der Waals surface area contributed by atoms with E-state index in [1.54, 1.807) is 0 Å². The van der Waals surface area contributed by atoms with Gasteiger partial charge in [-0.2, -0.15) is 0 Å². The zero-order valence-electron chi connectivity index (χ0n) is 14.3. The van der Waals surface area contributed by atoms with Crippen LogP contribution in [0.4, 0.5) is 11.6 Å². The van der Waals surface area contributed by atoms with Crippen molar-refractivity contribution in [1.29, 1.82) is 0 Å². The van der Waals surface area contributed by atoms with E-state index in [0.717, 1.165) is 61.1 Å². The van der Waals surface area contributed by atoms with Crippen molar-refractivity contribution in [2.75, 3.05) is 23.7 Å². The number of anilines is 2. The van der Waals surface area contributed by atoms with E-state index in [1.165, 1.54) is 0 Å². The summed E-state index contributed by atoms with van der Waals surface area (Å²) in [5, 5.41) is 16.1. The third-order valence-corrected chi connectivity index (χ3v) is 4.27. The highest BCUT2D eigenvalue weighted by Gasteiger charge is 2.30. The molecule has 0 spiro atoms. The second-order valence-corrected chi connectivity index (χ2v) is 6.48. The number of aryl methyl sites for hydroxylation is 2. The number of hydrogen-bond donors (Lipinski definition) is 3. The van der Waals surface area contributed by atoms with Crippen molar-refractivity contribution < 1.29 is 5.11 Å². The first-order valence-electron chi connectivity index (χ1n) is 8.54. The van der Waals surface area contributed by atoms with Crippen LogP contribution in [0.1, 0.15) is 42.3 Å². The number of aromatic nitrogens is 3. The molecule has 24 heavy (non-hydrogen) atoms.